The van der Waals surface area contributed by atoms with E-state index in [4.69, 9.17) is 19.9 Å². The van der Waals surface area contributed by atoms with Crippen molar-refractivity contribution < 1.29 is 28.6 Å². The minimum atomic E-state index is -0.588. The van der Waals surface area contributed by atoms with Crippen molar-refractivity contribution in [3.8, 4) is 0 Å². The molecular weight excluding hydrogens is 376 g/mol. The number of nitrogens with one attached hydrogen (secondary N) is 1. The van der Waals surface area contributed by atoms with Gasteiger partial charge >= 0.3 is 12.1 Å². The Morgan fingerprint density at radius 2 is 1.59 bits per heavy atom. The third-order valence-corrected chi connectivity index (χ3v) is 4.00. The van der Waals surface area contributed by atoms with Crippen LogP contribution in [0.2, 0.25) is 0 Å². The van der Waals surface area contributed by atoms with Gasteiger partial charge in [-0.15, -0.1) is 0 Å². The smallest absolute Gasteiger partial charge is 0.407 e. The SMILES string of the molecule is CCOC(=O)CCCCCCCCOC[C@H](CCC(N)=O)NC(=O)OC(C)(C)C. The number of alkyl carbamates (subject to hydrolysis) is 1. The number of amides is 2. The number of hydrogen-bond acceptors (Lipinski definition) is 6. The lowest BCUT2D eigenvalue weighted by Crippen LogP contribution is -2.42. The molecule has 0 aromatic carbocycles. The summed E-state index contributed by atoms with van der Waals surface area (Å²) in [6.45, 7) is 8.52. The predicted octanol–water partition coefficient (Wildman–Crippen LogP) is 3.46. The van der Waals surface area contributed by atoms with Gasteiger partial charge in [-0.2, -0.15) is 0 Å². The minimum absolute atomic E-state index is 0.119. The summed E-state index contributed by atoms with van der Waals surface area (Å²) in [5.74, 6) is -0.532. The summed E-state index contributed by atoms with van der Waals surface area (Å²) in [5, 5.41) is 2.74. The number of carbonyl (C=O) groups excluding carboxylic acids is 3. The summed E-state index contributed by atoms with van der Waals surface area (Å²) < 4.78 is 15.8. The topological polar surface area (TPSA) is 117 Å². The van der Waals surface area contributed by atoms with Crippen molar-refractivity contribution in [2.75, 3.05) is 19.8 Å². The van der Waals surface area contributed by atoms with E-state index >= 15 is 0 Å². The Morgan fingerprint density at radius 3 is 2.17 bits per heavy atom. The highest BCUT2D eigenvalue weighted by atomic mass is 16.6. The van der Waals surface area contributed by atoms with Crippen LogP contribution in [0.15, 0.2) is 0 Å². The van der Waals surface area contributed by atoms with Crippen molar-refractivity contribution in [3.63, 3.8) is 0 Å². The summed E-state index contributed by atoms with van der Waals surface area (Å²) in [4.78, 5) is 34.2. The van der Waals surface area contributed by atoms with Crippen LogP contribution >= 0.6 is 0 Å². The van der Waals surface area contributed by atoms with Crippen LogP contribution in [-0.4, -0.2) is 49.4 Å². The molecule has 0 heterocycles. The molecule has 0 radical (unpaired) electrons. The van der Waals surface area contributed by atoms with Crippen molar-refractivity contribution in [1.82, 2.24) is 5.32 Å². The van der Waals surface area contributed by atoms with Crippen LogP contribution in [0, 0.1) is 0 Å². The molecule has 0 aliphatic carbocycles. The molecule has 0 aliphatic heterocycles. The second-order valence-electron chi connectivity index (χ2n) is 8.10. The molecule has 1 atom stereocenters. The molecule has 0 aromatic heterocycles. The quantitative estimate of drug-likeness (QED) is 0.294. The summed E-state index contributed by atoms with van der Waals surface area (Å²) in [6, 6.07) is -0.319. The Bertz CT molecular complexity index is 476. The third kappa shape index (κ3) is 19.3. The van der Waals surface area contributed by atoms with Crippen LogP contribution in [-0.2, 0) is 23.8 Å². The van der Waals surface area contributed by atoms with Gasteiger partial charge in [0, 0.05) is 19.4 Å². The van der Waals surface area contributed by atoms with E-state index in [0.717, 1.165) is 38.5 Å². The number of primary amides is 1. The van der Waals surface area contributed by atoms with Gasteiger partial charge in [-0.25, -0.2) is 4.79 Å². The first kappa shape index (κ1) is 27.2. The lowest BCUT2D eigenvalue weighted by atomic mass is 10.1. The Balaban J connectivity index is 3.88. The van der Waals surface area contributed by atoms with Crippen LogP contribution in [0.5, 0.6) is 0 Å². The maximum atomic E-state index is 11.9. The van der Waals surface area contributed by atoms with E-state index in [1.54, 1.807) is 20.8 Å². The van der Waals surface area contributed by atoms with Gasteiger partial charge in [0.1, 0.15) is 5.60 Å². The molecule has 0 aliphatic rings. The highest BCUT2D eigenvalue weighted by molar-refractivity contribution is 5.74. The number of unbranched alkanes of at least 4 members (excludes halogenated alkanes) is 5. The fourth-order valence-corrected chi connectivity index (χ4v) is 2.63. The average Bonchev–Trinajstić information content (AvgIpc) is 2.59. The zero-order valence-electron chi connectivity index (χ0n) is 18.6. The van der Waals surface area contributed by atoms with Crippen molar-refractivity contribution in [3.05, 3.63) is 0 Å². The first-order chi connectivity index (χ1) is 13.6. The maximum Gasteiger partial charge on any atom is 0.407 e. The normalized spacial score (nSPS) is 12.3. The minimum Gasteiger partial charge on any atom is -0.466 e. The van der Waals surface area contributed by atoms with Crippen LogP contribution in [0.3, 0.4) is 0 Å². The highest BCUT2D eigenvalue weighted by Gasteiger charge is 2.20. The Morgan fingerprint density at radius 1 is 0.966 bits per heavy atom. The number of esters is 1. The third-order valence-electron chi connectivity index (χ3n) is 4.00. The second kappa shape index (κ2) is 16.0. The molecule has 8 heteroatoms. The van der Waals surface area contributed by atoms with Gasteiger partial charge in [-0.05, 0) is 47.0 Å². The summed E-state index contributed by atoms with van der Waals surface area (Å²) in [7, 11) is 0. The molecule has 170 valence electrons. The van der Waals surface area contributed by atoms with Crippen molar-refractivity contribution in [1.29, 1.82) is 0 Å². The van der Waals surface area contributed by atoms with Crippen LogP contribution in [0.4, 0.5) is 4.79 Å². The second-order valence-corrected chi connectivity index (χ2v) is 8.10. The largest absolute Gasteiger partial charge is 0.466 e. The monoisotopic (exact) mass is 416 g/mol. The number of carbonyl (C=O) groups is 3. The van der Waals surface area contributed by atoms with Gasteiger partial charge < -0.3 is 25.3 Å². The number of ether oxygens (including phenoxy) is 3. The molecule has 0 spiro atoms. The van der Waals surface area contributed by atoms with E-state index in [2.05, 4.69) is 5.32 Å². The van der Waals surface area contributed by atoms with Gasteiger partial charge in [0.2, 0.25) is 5.91 Å². The standard InChI is InChI=1S/C21H40N2O6/c1-5-28-19(25)12-10-8-6-7-9-11-15-27-16-17(13-14-18(22)24)23-20(26)29-21(2,3)4/h17H,5-16H2,1-4H3,(H2,22,24)(H,23,26)/t17-/m0/s1. The molecule has 2 amide bonds. The van der Waals surface area contributed by atoms with Gasteiger partial charge in [0.05, 0.1) is 19.3 Å². The molecular formula is C21H40N2O6. The molecule has 8 nitrogen and oxygen atoms in total. The molecule has 0 aromatic rings. The fourth-order valence-electron chi connectivity index (χ4n) is 2.63. The Hall–Kier alpha value is -1.83. The summed E-state index contributed by atoms with van der Waals surface area (Å²) in [5.41, 5.74) is 4.61. The lowest BCUT2D eigenvalue weighted by molar-refractivity contribution is -0.143. The highest BCUT2D eigenvalue weighted by Crippen LogP contribution is 2.10. The van der Waals surface area contributed by atoms with Crippen LogP contribution in [0.25, 0.3) is 0 Å². The average molecular weight is 417 g/mol. The fraction of sp³-hybridized carbons (Fsp3) is 0.857. The van der Waals surface area contributed by atoms with Crippen LogP contribution < -0.4 is 11.1 Å². The number of rotatable bonds is 16. The molecule has 0 fully saturated rings. The lowest BCUT2D eigenvalue weighted by Gasteiger charge is -2.23. The van der Waals surface area contributed by atoms with Gasteiger partial charge in [0.15, 0.2) is 0 Å². The van der Waals surface area contributed by atoms with E-state index in [1.807, 2.05) is 6.92 Å². The first-order valence-corrected chi connectivity index (χ1v) is 10.6. The maximum absolute atomic E-state index is 11.9. The predicted molar refractivity (Wildman–Crippen MR) is 111 cm³/mol. The number of hydrogen-bond donors (Lipinski definition) is 2. The molecule has 0 saturated heterocycles. The van der Waals surface area contributed by atoms with Gasteiger partial charge in [-0.1, -0.05) is 25.7 Å². The van der Waals surface area contributed by atoms with E-state index in [-0.39, 0.29) is 18.4 Å². The number of nitrogens with two attached hydrogens (primary N) is 1. The van der Waals surface area contributed by atoms with Gasteiger partial charge in [0.25, 0.3) is 0 Å². The summed E-state index contributed by atoms with van der Waals surface area (Å²) in [6.07, 6.45) is 6.59. The molecule has 29 heavy (non-hydrogen) atoms. The van der Waals surface area contributed by atoms with Crippen molar-refractivity contribution in [2.45, 2.75) is 97.1 Å². The Kier molecular flexibility index (Phi) is 15.0. The van der Waals surface area contributed by atoms with E-state index in [9.17, 15) is 14.4 Å². The van der Waals surface area contributed by atoms with E-state index in [0.29, 0.717) is 32.7 Å². The van der Waals surface area contributed by atoms with E-state index < -0.39 is 17.6 Å². The van der Waals surface area contributed by atoms with Crippen LogP contribution in [0.1, 0.15) is 85.5 Å². The zero-order valence-corrected chi connectivity index (χ0v) is 18.6. The zero-order chi connectivity index (χ0) is 22.1. The molecule has 3 N–H and O–H groups in total. The van der Waals surface area contributed by atoms with Gasteiger partial charge in [-0.3, -0.25) is 9.59 Å². The molecule has 0 bridgehead atoms. The summed E-state index contributed by atoms with van der Waals surface area (Å²) >= 11 is 0. The van der Waals surface area contributed by atoms with Crippen molar-refractivity contribution >= 4 is 18.0 Å². The molecule has 0 unspecified atom stereocenters. The first-order valence-electron chi connectivity index (χ1n) is 10.6. The van der Waals surface area contributed by atoms with E-state index in [1.165, 1.54) is 0 Å². The Labute approximate surface area is 175 Å². The van der Waals surface area contributed by atoms with Crippen molar-refractivity contribution in [2.24, 2.45) is 5.73 Å². The molecule has 0 rings (SSSR count). The molecule has 0 saturated carbocycles.